The number of benzene rings is 1. The van der Waals surface area contributed by atoms with Gasteiger partial charge in [-0.05, 0) is 18.6 Å². The fourth-order valence-electron chi connectivity index (χ4n) is 1.59. The van der Waals surface area contributed by atoms with Gasteiger partial charge in [0.15, 0.2) is 0 Å². The summed E-state index contributed by atoms with van der Waals surface area (Å²) in [5, 5.41) is 8.73. The van der Waals surface area contributed by atoms with E-state index in [0.29, 0.717) is 30.0 Å². The van der Waals surface area contributed by atoms with Crippen LogP contribution in [0, 0.1) is 0 Å². The molecule has 5 nitrogen and oxygen atoms in total. The van der Waals surface area contributed by atoms with Crippen LogP contribution in [-0.4, -0.2) is 38.9 Å². The summed E-state index contributed by atoms with van der Waals surface area (Å²) in [6.07, 6.45) is 0.753. The van der Waals surface area contributed by atoms with Crippen LogP contribution in [0.25, 0.3) is 0 Å². The van der Waals surface area contributed by atoms with Crippen molar-refractivity contribution < 1.29 is 19.4 Å². The van der Waals surface area contributed by atoms with Crippen molar-refractivity contribution in [1.82, 2.24) is 0 Å². The van der Waals surface area contributed by atoms with E-state index in [0.717, 1.165) is 0 Å². The predicted molar refractivity (Wildman–Crippen MR) is 69.3 cm³/mol. The smallest absolute Gasteiger partial charge is 0.226 e. The number of methoxy groups -OCH3 is 2. The molecular formula is C13H19NO4. The van der Waals surface area contributed by atoms with Gasteiger partial charge in [0.05, 0.1) is 19.9 Å². The molecular weight excluding hydrogens is 234 g/mol. The van der Waals surface area contributed by atoms with Crippen LogP contribution < -0.4 is 14.4 Å². The molecule has 0 aliphatic heterocycles. The summed E-state index contributed by atoms with van der Waals surface area (Å²) in [6.45, 7) is 0.00876. The summed E-state index contributed by atoms with van der Waals surface area (Å²) in [5.74, 6) is 1.19. The molecule has 0 fully saturated rings. The van der Waals surface area contributed by atoms with Gasteiger partial charge in [0, 0.05) is 26.1 Å². The molecule has 0 heterocycles. The number of hydrogen-bond donors (Lipinski definition) is 1. The lowest BCUT2D eigenvalue weighted by atomic mass is 10.2. The standard InChI is InChI=1S/C13H19NO4/c1-14(13(16)5-4-8-15)11-9-10(17-2)6-7-12(11)18-3/h6-7,9,15H,4-5,8H2,1-3H3. The van der Waals surface area contributed by atoms with Crippen LogP contribution in [-0.2, 0) is 4.79 Å². The molecule has 18 heavy (non-hydrogen) atoms. The lowest BCUT2D eigenvalue weighted by Gasteiger charge is -2.20. The quantitative estimate of drug-likeness (QED) is 0.833. The van der Waals surface area contributed by atoms with Crippen molar-refractivity contribution in [2.24, 2.45) is 0 Å². The first-order chi connectivity index (χ1) is 8.63. The van der Waals surface area contributed by atoms with E-state index in [1.165, 1.54) is 4.90 Å². The molecule has 5 heteroatoms. The van der Waals surface area contributed by atoms with Gasteiger partial charge < -0.3 is 19.5 Å². The van der Waals surface area contributed by atoms with Gasteiger partial charge in [0.25, 0.3) is 0 Å². The average Bonchev–Trinajstić information content (AvgIpc) is 2.43. The maximum atomic E-state index is 11.9. The van der Waals surface area contributed by atoms with E-state index in [-0.39, 0.29) is 12.5 Å². The summed E-state index contributed by atoms with van der Waals surface area (Å²) in [5.41, 5.74) is 0.653. The number of carbonyl (C=O) groups excluding carboxylic acids is 1. The minimum absolute atomic E-state index is 0.00876. The van der Waals surface area contributed by atoms with Crippen molar-refractivity contribution in [1.29, 1.82) is 0 Å². The SMILES string of the molecule is COc1ccc(OC)c(N(C)C(=O)CCCO)c1. The molecule has 0 atom stereocenters. The van der Waals surface area contributed by atoms with E-state index in [4.69, 9.17) is 14.6 Å². The average molecular weight is 253 g/mol. The molecule has 0 aliphatic carbocycles. The van der Waals surface area contributed by atoms with E-state index < -0.39 is 0 Å². The topological polar surface area (TPSA) is 59.0 Å². The Labute approximate surface area is 107 Å². The zero-order valence-corrected chi connectivity index (χ0v) is 11.0. The van der Waals surface area contributed by atoms with Crippen LogP contribution in [0.3, 0.4) is 0 Å². The van der Waals surface area contributed by atoms with Crippen LogP contribution in [0.15, 0.2) is 18.2 Å². The van der Waals surface area contributed by atoms with Crippen LogP contribution in [0.5, 0.6) is 11.5 Å². The highest BCUT2D eigenvalue weighted by atomic mass is 16.5. The Kier molecular flexibility index (Phi) is 5.45. The van der Waals surface area contributed by atoms with Gasteiger partial charge in [-0.25, -0.2) is 0 Å². The zero-order valence-electron chi connectivity index (χ0n) is 11.0. The van der Waals surface area contributed by atoms with Gasteiger partial charge in [-0.3, -0.25) is 4.79 Å². The predicted octanol–water partition coefficient (Wildman–Crippen LogP) is 1.44. The second-order valence-corrected chi connectivity index (χ2v) is 3.82. The number of ether oxygens (including phenoxy) is 2. The Morgan fingerprint density at radius 2 is 2.06 bits per heavy atom. The normalized spacial score (nSPS) is 10.0. The monoisotopic (exact) mass is 253 g/mol. The van der Waals surface area contributed by atoms with Crippen molar-refractivity contribution in [2.45, 2.75) is 12.8 Å². The van der Waals surface area contributed by atoms with Crippen molar-refractivity contribution in [3.8, 4) is 11.5 Å². The number of amides is 1. The molecule has 0 saturated carbocycles. The van der Waals surface area contributed by atoms with Crippen molar-refractivity contribution in [2.75, 3.05) is 32.8 Å². The Bertz CT molecular complexity index is 406. The highest BCUT2D eigenvalue weighted by Gasteiger charge is 2.15. The van der Waals surface area contributed by atoms with Crippen molar-refractivity contribution >= 4 is 11.6 Å². The Balaban J connectivity index is 2.94. The van der Waals surface area contributed by atoms with Crippen LogP contribution >= 0.6 is 0 Å². The molecule has 0 unspecified atom stereocenters. The lowest BCUT2D eigenvalue weighted by Crippen LogP contribution is -2.26. The molecule has 0 aromatic heterocycles. The second-order valence-electron chi connectivity index (χ2n) is 3.82. The van der Waals surface area contributed by atoms with E-state index in [2.05, 4.69) is 0 Å². The highest BCUT2D eigenvalue weighted by molar-refractivity contribution is 5.94. The second kappa shape index (κ2) is 6.86. The van der Waals surface area contributed by atoms with E-state index in [1.54, 1.807) is 39.5 Å². The molecule has 1 rings (SSSR count). The zero-order chi connectivity index (χ0) is 13.5. The molecule has 1 aromatic rings. The van der Waals surface area contributed by atoms with Gasteiger partial charge in [-0.1, -0.05) is 0 Å². The fourth-order valence-corrected chi connectivity index (χ4v) is 1.59. The molecule has 0 radical (unpaired) electrons. The van der Waals surface area contributed by atoms with Gasteiger partial charge in [-0.2, -0.15) is 0 Å². The van der Waals surface area contributed by atoms with Gasteiger partial charge in [0.1, 0.15) is 11.5 Å². The van der Waals surface area contributed by atoms with E-state index in [9.17, 15) is 4.79 Å². The number of hydrogen-bond acceptors (Lipinski definition) is 4. The number of anilines is 1. The highest BCUT2D eigenvalue weighted by Crippen LogP contribution is 2.31. The van der Waals surface area contributed by atoms with Crippen LogP contribution in [0.2, 0.25) is 0 Å². The Morgan fingerprint density at radius 3 is 2.61 bits per heavy atom. The Morgan fingerprint density at radius 1 is 1.33 bits per heavy atom. The maximum absolute atomic E-state index is 11.9. The number of aliphatic hydroxyl groups excluding tert-OH is 1. The van der Waals surface area contributed by atoms with Crippen LogP contribution in [0.1, 0.15) is 12.8 Å². The largest absolute Gasteiger partial charge is 0.497 e. The summed E-state index contributed by atoms with van der Waals surface area (Å²) in [6, 6.07) is 5.27. The van der Waals surface area contributed by atoms with Gasteiger partial charge >= 0.3 is 0 Å². The van der Waals surface area contributed by atoms with Gasteiger partial charge in [-0.15, -0.1) is 0 Å². The van der Waals surface area contributed by atoms with Crippen LogP contribution in [0.4, 0.5) is 5.69 Å². The molecule has 1 aromatic carbocycles. The molecule has 0 spiro atoms. The number of nitrogens with zero attached hydrogens (tertiary/aromatic N) is 1. The maximum Gasteiger partial charge on any atom is 0.226 e. The first-order valence-corrected chi connectivity index (χ1v) is 5.73. The third kappa shape index (κ3) is 3.37. The lowest BCUT2D eigenvalue weighted by molar-refractivity contribution is -0.118. The summed E-state index contributed by atoms with van der Waals surface area (Å²) in [4.78, 5) is 13.4. The Hall–Kier alpha value is -1.75. The summed E-state index contributed by atoms with van der Waals surface area (Å²) < 4.78 is 10.4. The first kappa shape index (κ1) is 14.3. The fraction of sp³-hybridized carbons (Fsp3) is 0.462. The minimum Gasteiger partial charge on any atom is -0.497 e. The van der Waals surface area contributed by atoms with E-state index >= 15 is 0 Å². The van der Waals surface area contributed by atoms with Crippen molar-refractivity contribution in [3.63, 3.8) is 0 Å². The number of rotatable bonds is 6. The van der Waals surface area contributed by atoms with E-state index in [1.807, 2.05) is 0 Å². The molecule has 0 bridgehead atoms. The summed E-state index contributed by atoms with van der Waals surface area (Å²) >= 11 is 0. The third-order valence-electron chi connectivity index (χ3n) is 2.67. The molecule has 0 saturated heterocycles. The number of aliphatic hydroxyl groups is 1. The molecule has 1 amide bonds. The molecule has 0 aliphatic rings. The first-order valence-electron chi connectivity index (χ1n) is 5.73. The summed E-state index contributed by atoms with van der Waals surface area (Å²) in [7, 11) is 4.80. The number of carbonyl (C=O) groups is 1. The van der Waals surface area contributed by atoms with Crippen molar-refractivity contribution in [3.05, 3.63) is 18.2 Å². The molecule has 1 N–H and O–H groups in total. The third-order valence-corrected chi connectivity index (χ3v) is 2.67. The molecule has 100 valence electrons. The minimum atomic E-state index is -0.0735. The van der Waals surface area contributed by atoms with Gasteiger partial charge in [0.2, 0.25) is 5.91 Å².